The van der Waals surface area contributed by atoms with Gasteiger partial charge in [0.2, 0.25) is 0 Å². The van der Waals surface area contributed by atoms with Gasteiger partial charge in [0.05, 0.1) is 17.1 Å². The number of aliphatic imine (C=N–C) groups is 1. The standard InChI is InChI=1S/C28H24N2/c1-5-11-26(29-4)27-15-10-14-25(30-27)24-18-20-17-16-19-12-8-9-13-23(19)28(20)22(7-3)21(24)6-2/h5-18H,2-3H2,1,4H3. The average molecular weight is 389 g/mol. The highest BCUT2D eigenvalue weighted by atomic mass is 14.8. The van der Waals surface area contributed by atoms with E-state index >= 15 is 0 Å². The van der Waals surface area contributed by atoms with Gasteiger partial charge in [-0.05, 0) is 63.9 Å². The van der Waals surface area contributed by atoms with Gasteiger partial charge in [-0.1, -0.05) is 73.9 Å². The Kier molecular flexibility index (Phi) is 5.40. The first-order valence-corrected chi connectivity index (χ1v) is 10.0. The summed E-state index contributed by atoms with van der Waals surface area (Å²) in [5.74, 6) is 0. The van der Waals surface area contributed by atoms with E-state index in [0.29, 0.717) is 0 Å². The second-order valence-electron chi connectivity index (χ2n) is 7.06. The smallest absolute Gasteiger partial charge is 0.0888 e. The third-order valence-electron chi connectivity index (χ3n) is 5.37. The minimum Gasteiger partial charge on any atom is -0.286 e. The zero-order valence-corrected chi connectivity index (χ0v) is 17.4. The fourth-order valence-electron chi connectivity index (χ4n) is 4.03. The van der Waals surface area contributed by atoms with Crippen LogP contribution in [0.5, 0.6) is 0 Å². The molecule has 2 nitrogen and oxygen atoms in total. The fraction of sp³-hybridized carbons (Fsp3) is 0.0714. The van der Waals surface area contributed by atoms with Crippen LogP contribution in [-0.4, -0.2) is 17.7 Å². The first-order valence-electron chi connectivity index (χ1n) is 10.0. The van der Waals surface area contributed by atoms with Crippen LogP contribution in [0.25, 0.3) is 45.0 Å². The summed E-state index contributed by atoms with van der Waals surface area (Å²) in [6.45, 7) is 10.2. The van der Waals surface area contributed by atoms with Crippen molar-refractivity contribution in [2.75, 3.05) is 7.05 Å². The van der Waals surface area contributed by atoms with Gasteiger partial charge in [-0.25, -0.2) is 4.98 Å². The van der Waals surface area contributed by atoms with Gasteiger partial charge >= 0.3 is 0 Å². The van der Waals surface area contributed by atoms with Crippen molar-refractivity contribution in [3.63, 3.8) is 0 Å². The largest absolute Gasteiger partial charge is 0.286 e. The third kappa shape index (κ3) is 3.27. The highest BCUT2D eigenvalue weighted by Gasteiger charge is 2.15. The minimum absolute atomic E-state index is 0.849. The van der Waals surface area contributed by atoms with Gasteiger partial charge in [0.25, 0.3) is 0 Å². The van der Waals surface area contributed by atoms with E-state index in [1.165, 1.54) is 16.2 Å². The molecule has 4 aromatic rings. The monoisotopic (exact) mass is 388 g/mol. The van der Waals surface area contributed by atoms with Crippen LogP contribution in [0.2, 0.25) is 0 Å². The highest BCUT2D eigenvalue weighted by Crippen LogP contribution is 2.37. The Hall–Kier alpha value is -3.78. The van der Waals surface area contributed by atoms with E-state index in [9.17, 15) is 0 Å². The van der Waals surface area contributed by atoms with Crippen molar-refractivity contribution < 1.29 is 0 Å². The number of nitrogens with zero attached hydrogens (tertiary/aromatic N) is 2. The van der Waals surface area contributed by atoms with E-state index < -0.39 is 0 Å². The van der Waals surface area contributed by atoms with E-state index in [0.717, 1.165) is 39.2 Å². The molecule has 0 aliphatic carbocycles. The summed E-state index contributed by atoms with van der Waals surface area (Å²) in [4.78, 5) is 9.30. The van der Waals surface area contributed by atoms with E-state index in [1.807, 2.05) is 49.4 Å². The molecule has 30 heavy (non-hydrogen) atoms. The Labute approximate surface area is 177 Å². The van der Waals surface area contributed by atoms with E-state index in [4.69, 9.17) is 4.98 Å². The maximum absolute atomic E-state index is 4.92. The molecule has 0 saturated carbocycles. The van der Waals surface area contributed by atoms with E-state index in [-0.39, 0.29) is 0 Å². The normalized spacial score (nSPS) is 12.0. The zero-order chi connectivity index (χ0) is 21.1. The van der Waals surface area contributed by atoms with Crippen LogP contribution in [0.3, 0.4) is 0 Å². The van der Waals surface area contributed by atoms with Crippen LogP contribution in [-0.2, 0) is 0 Å². The number of hydrogen-bond acceptors (Lipinski definition) is 2. The van der Waals surface area contributed by atoms with Crippen molar-refractivity contribution in [2.45, 2.75) is 6.92 Å². The summed E-state index contributed by atoms with van der Waals surface area (Å²) in [6, 6.07) is 21.0. The lowest BCUT2D eigenvalue weighted by Gasteiger charge is -2.16. The molecule has 0 saturated heterocycles. The summed E-state index contributed by atoms with van der Waals surface area (Å²) in [5.41, 5.74) is 5.77. The van der Waals surface area contributed by atoms with Gasteiger partial charge in [0.15, 0.2) is 0 Å². The lowest BCUT2D eigenvalue weighted by molar-refractivity contribution is 1.28. The van der Waals surface area contributed by atoms with E-state index in [1.54, 1.807) is 7.05 Å². The number of benzene rings is 3. The lowest BCUT2D eigenvalue weighted by atomic mass is 9.89. The van der Waals surface area contributed by atoms with Crippen LogP contribution < -0.4 is 0 Å². The van der Waals surface area contributed by atoms with Crippen molar-refractivity contribution in [3.8, 4) is 11.3 Å². The summed E-state index contributed by atoms with van der Waals surface area (Å²) in [6.07, 6.45) is 7.78. The quantitative estimate of drug-likeness (QED) is 0.259. The molecule has 0 fully saturated rings. The van der Waals surface area contributed by atoms with Gasteiger partial charge in [-0.3, -0.25) is 4.99 Å². The molecule has 1 heterocycles. The lowest BCUT2D eigenvalue weighted by Crippen LogP contribution is -2.02. The molecule has 0 atom stereocenters. The number of hydrogen-bond donors (Lipinski definition) is 0. The van der Waals surface area contributed by atoms with Crippen LogP contribution in [0, 0.1) is 0 Å². The molecule has 0 aliphatic heterocycles. The van der Waals surface area contributed by atoms with Crippen molar-refractivity contribution in [1.82, 2.24) is 4.98 Å². The maximum atomic E-state index is 4.92. The molecule has 0 unspecified atom stereocenters. The van der Waals surface area contributed by atoms with Gasteiger partial charge in [0.1, 0.15) is 0 Å². The molecule has 0 N–H and O–H groups in total. The highest BCUT2D eigenvalue weighted by molar-refractivity contribution is 6.14. The van der Waals surface area contributed by atoms with Crippen molar-refractivity contribution in [2.24, 2.45) is 4.99 Å². The van der Waals surface area contributed by atoms with Crippen LogP contribution in [0.15, 0.2) is 91.0 Å². The number of pyridine rings is 1. The Morgan fingerprint density at radius 3 is 2.40 bits per heavy atom. The Balaban J connectivity index is 2.05. The second kappa shape index (κ2) is 8.30. The Morgan fingerprint density at radius 1 is 0.900 bits per heavy atom. The molecule has 4 rings (SSSR count). The van der Waals surface area contributed by atoms with Crippen LogP contribution >= 0.6 is 0 Å². The molecule has 2 heteroatoms. The first-order chi connectivity index (χ1) is 14.7. The number of rotatable bonds is 5. The first kappa shape index (κ1) is 19.5. The van der Waals surface area contributed by atoms with Gasteiger partial charge in [-0.15, -0.1) is 0 Å². The van der Waals surface area contributed by atoms with Crippen molar-refractivity contribution in [3.05, 3.63) is 103 Å². The number of allylic oxidation sites excluding steroid dienone is 2. The Morgan fingerprint density at radius 2 is 1.67 bits per heavy atom. The molecular weight excluding hydrogens is 364 g/mol. The van der Waals surface area contributed by atoms with Gasteiger partial charge in [0, 0.05) is 12.6 Å². The zero-order valence-electron chi connectivity index (χ0n) is 17.4. The predicted octanol–water partition coefficient (Wildman–Crippen LogP) is 7.34. The summed E-state index contributed by atoms with van der Waals surface area (Å²) >= 11 is 0. The fourth-order valence-corrected chi connectivity index (χ4v) is 4.03. The number of fused-ring (bicyclic) bond motifs is 3. The van der Waals surface area contributed by atoms with E-state index in [2.05, 4.69) is 60.6 Å². The molecule has 1 aromatic heterocycles. The summed E-state index contributed by atoms with van der Waals surface area (Å²) < 4.78 is 0. The van der Waals surface area contributed by atoms with Crippen LogP contribution in [0.1, 0.15) is 23.7 Å². The molecule has 3 aromatic carbocycles. The molecule has 0 amide bonds. The molecular formula is C28H24N2. The van der Waals surface area contributed by atoms with Crippen molar-refractivity contribution in [1.29, 1.82) is 0 Å². The third-order valence-corrected chi connectivity index (χ3v) is 5.37. The second-order valence-corrected chi connectivity index (χ2v) is 7.06. The predicted molar refractivity (Wildman–Crippen MR) is 132 cm³/mol. The molecule has 0 aliphatic rings. The van der Waals surface area contributed by atoms with Crippen LogP contribution in [0.4, 0.5) is 0 Å². The van der Waals surface area contributed by atoms with Gasteiger partial charge in [-0.2, -0.15) is 0 Å². The average Bonchev–Trinajstić information content (AvgIpc) is 2.81. The maximum Gasteiger partial charge on any atom is 0.0888 e. The molecule has 0 bridgehead atoms. The molecule has 146 valence electrons. The number of aromatic nitrogens is 1. The summed E-state index contributed by atoms with van der Waals surface area (Å²) in [5, 5.41) is 4.79. The summed E-state index contributed by atoms with van der Waals surface area (Å²) in [7, 11) is 1.79. The Bertz CT molecular complexity index is 1340. The molecule has 0 radical (unpaired) electrons. The SMILES string of the molecule is C=Cc1c(-c2cccc(C(C=CC)=NC)n2)cc2ccc3ccccc3c2c1C=C. The van der Waals surface area contributed by atoms with Gasteiger partial charge < -0.3 is 0 Å². The minimum atomic E-state index is 0.849. The topological polar surface area (TPSA) is 25.2 Å². The molecule has 0 spiro atoms. The van der Waals surface area contributed by atoms with Crippen molar-refractivity contribution >= 4 is 39.4 Å².